The summed E-state index contributed by atoms with van der Waals surface area (Å²) in [4.78, 5) is 23.8. The van der Waals surface area contributed by atoms with Crippen molar-refractivity contribution >= 4 is 17.7 Å². The van der Waals surface area contributed by atoms with Gasteiger partial charge in [0.1, 0.15) is 0 Å². The Morgan fingerprint density at radius 3 is 2.48 bits per heavy atom. The van der Waals surface area contributed by atoms with Crippen LogP contribution in [0.15, 0.2) is 12.1 Å². The maximum atomic E-state index is 13.0. The molecule has 0 bridgehead atoms. The number of ether oxygens (including phenoxy) is 1. The number of anilines is 1. The minimum Gasteiger partial charge on any atom is -0.479 e. The highest BCUT2D eigenvalue weighted by Gasteiger charge is 2.29. The quantitative estimate of drug-likeness (QED) is 0.810. The zero-order chi connectivity index (χ0) is 15.6. The molecule has 6 nitrogen and oxygen atoms in total. The standard InChI is InChI=1S/C12H11F3N2O4/c13-7-3-6(4-8(14)10(7)15)16-12(20)17-1-2-21-9(5-17)11(18)19/h3-4,9H,1-2,5H2,(H,16,20)(H,18,19). The first-order chi connectivity index (χ1) is 9.88. The molecule has 0 aliphatic carbocycles. The Hall–Kier alpha value is -2.29. The van der Waals surface area contributed by atoms with E-state index in [2.05, 4.69) is 5.32 Å². The van der Waals surface area contributed by atoms with E-state index in [0.29, 0.717) is 12.1 Å². The van der Waals surface area contributed by atoms with Crippen LogP contribution in [0.4, 0.5) is 23.7 Å². The van der Waals surface area contributed by atoms with Gasteiger partial charge in [0, 0.05) is 24.4 Å². The van der Waals surface area contributed by atoms with Crippen molar-refractivity contribution in [2.24, 2.45) is 0 Å². The molecule has 0 saturated carbocycles. The zero-order valence-corrected chi connectivity index (χ0v) is 10.6. The summed E-state index contributed by atoms with van der Waals surface area (Å²) in [5.74, 6) is -5.72. The van der Waals surface area contributed by atoms with Gasteiger partial charge in [0.25, 0.3) is 0 Å². The first-order valence-electron chi connectivity index (χ1n) is 5.93. The van der Waals surface area contributed by atoms with Crippen molar-refractivity contribution in [3.63, 3.8) is 0 Å². The summed E-state index contributed by atoms with van der Waals surface area (Å²) >= 11 is 0. The van der Waals surface area contributed by atoms with Gasteiger partial charge in [-0.05, 0) is 0 Å². The molecule has 1 saturated heterocycles. The number of nitrogens with zero attached hydrogens (tertiary/aromatic N) is 1. The van der Waals surface area contributed by atoms with Gasteiger partial charge in [0.2, 0.25) is 0 Å². The summed E-state index contributed by atoms with van der Waals surface area (Å²) < 4.78 is 43.8. The first-order valence-corrected chi connectivity index (χ1v) is 5.93. The lowest BCUT2D eigenvalue weighted by atomic mass is 10.2. The van der Waals surface area contributed by atoms with Gasteiger partial charge in [-0.3, -0.25) is 0 Å². The maximum absolute atomic E-state index is 13.0. The van der Waals surface area contributed by atoms with Crippen LogP contribution in [0.5, 0.6) is 0 Å². The van der Waals surface area contributed by atoms with Crippen LogP contribution in [-0.2, 0) is 9.53 Å². The molecule has 9 heteroatoms. The maximum Gasteiger partial charge on any atom is 0.334 e. The van der Waals surface area contributed by atoms with Crippen molar-refractivity contribution in [2.45, 2.75) is 6.10 Å². The van der Waals surface area contributed by atoms with Crippen molar-refractivity contribution in [3.05, 3.63) is 29.6 Å². The molecule has 21 heavy (non-hydrogen) atoms. The number of carboxylic acids is 1. The number of morpholine rings is 1. The second-order valence-electron chi connectivity index (χ2n) is 4.33. The number of hydrogen-bond donors (Lipinski definition) is 2. The lowest BCUT2D eigenvalue weighted by Gasteiger charge is -2.30. The largest absolute Gasteiger partial charge is 0.479 e. The monoisotopic (exact) mass is 304 g/mol. The minimum absolute atomic E-state index is 0.0243. The molecule has 0 spiro atoms. The zero-order valence-electron chi connectivity index (χ0n) is 10.6. The number of rotatable bonds is 2. The van der Waals surface area contributed by atoms with Crippen LogP contribution >= 0.6 is 0 Å². The number of hydrogen-bond acceptors (Lipinski definition) is 3. The van der Waals surface area contributed by atoms with Crippen LogP contribution in [0.3, 0.4) is 0 Å². The van der Waals surface area contributed by atoms with Crippen LogP contribution < -0.4 is 5.32 Å². The molecule has 1 heterocycles. The minimum atomic E-state index is -1.63. The number of carbonyl (C=O) groups is 2. The molecule has 0 radical (unpaired) electrons. The molecule has 1 atom stereocenters. The topological polar surface area (TPSA) is 78.9 Å². The molecule has 1 aliphatic rings. The van der Waals surface area contributed by atoms with Crippen molar-refractivity contribution in [1.82, 2.24) is 4.90 Å². The molecule has 1 fully saturated rings. The van der Waals surface area contributed by atoms with E-state index in [1.807, 2.05) is 0 Å². The predicted octanol–water partition coefficient (Wildman–Crippen LogP) is 1.42. The number of urea groups is 1. The van der Waals surface area contributed by atoms with Gasteiger partial charge in [-0.25, -0.2) is 22.8 Å². The summed E-state index contributed by atoms with van der Waals surface area (Å²) in [6, 6.07) is 0.506. The van der Waals surface area contributed by atoms with E-state index in [1.54, 1.807) is 0 Å². The number of amides is 2. The van der Waals surface area contributed by atoms with E-state index in [4.69, 9.17) is 9.84 Å². The Balaban J connectivity index is 2.06. The third-order valence-electron chi connectivity index (χ3n) is 2.86. The van der Waals surface area contributed by atoms with Crippen LogP contribution in [0.2, 0.25) is 0 Å². The van der Waals surface area contributed by atoms with Gasteiger partial charge in [-0.1, -0.05) is 0 Å². The molecule has 0 aromatic heterocycles. The van der Waals surface area contributed by atoms with Gasteiger partial charge in [-0.15, -0.1) is 0 Å². The molecule has 2 N–H and O–H groups in total. The summed E-state index contributed by atoms with van der Waals surface area (Å²) in [6.45, 7) is -0.0500. The molecule has 1 unspecified atom stereocenters. The number of benzene rings is 1. The Bertz CT molecular complexity index is 559. The van der Waals surface area contributed by atoms with E-state index in [0.717, 1.165) is 4.90 Å². The smallest absolute Gasteiger partial charge is 0.334 e. The van der Waals surface area contributed by atoms with Crippen LogP contribution in [0.25, 0.3) is 0 Å². The van der Waals surface area contributed by atoms with Crippen LogP contribution in [0.1, 0.15) is 0 Å². The highest BCUT2D eigenvalue weighted by Crippen LogP contribution is 2.18. The lowest BCUT2D eigenvalue weighted by Crippen LogP contribution is -2.49. The van der Waals surface area contributed by atoms with Crippen molar-refractivity contribution in [3.8, 4) is 0 Å². The SMILES string of the molecule is O=C(O)C1CN(C(=O)Nc2cc(F)c(F)c(F)c2)CCO1. The summed E-state index contributed by atoms with van der Waals surface area (Å²) in [5, 5.41) is 11.0. The third kappa shape index (κ3) is 3.43. The van der Waals surface area contributed by atoms with Crippen LogP contribution in [-0.4, -0.2) is 47.8 Å². The Kier molecular flexibility index (Phi) is 4.32. The molecule has 2 rings (SSSR count). The van der Waals surface area contributed by atoms with Gasteiger partial charge in [-0.2, -0.15) is 0 Å². The highest BCUT2D eigenvalue weighted by molar-refractivity contribution is 5.89. The Labute approximate surface area is 117 Å². The van der Waals surface area contributed by atoms with E-state index in [1.165, 1.54) is 0 Å². The molecular formula is C12H11F3N2O4. The fourth-order valence-corrected chi connectivity index (χ4v) is 1.81. The number of carboxylic acid groups (broad SMARTS) is 1. The predicted molar refractivity (Wildman–Crippen MR) is 64.3 cm³/mol. The number of carbonyl (C=O) groups excluding carboxylic acids is 1. The van der Waals surface area contributed by atoms with E-state index < -0.39 is 35.6 Å². The second-order valence-corrected chi connectivity index (χ2v) is 4.33. The van der Waals surface area contributed by atoms with Gasteiger partial charge >= 0.3 is 12.0 Å². The molecule has 1 aromatic rings. The summed E-state index contributed by atoms with van der Waals surface area (Å²) in [6.07, 6.45) is -1.16. The van der Waals surface area contributed by atoms with Crippen molar-refractivity contribution in [2.75, 3.05) is 25.0 Å². The number of aliphatic carboxylic acids is 1. The molecule has 2 amide bonds. The van der Waals surface area contributed by atoms with E-state index in [9.17, 15) is 22.8 Å². The normalized spacial score (nSPS) is 18.4. The Morgan fingerprint density at radius 2 is 1.90 bits per heavy atom. The first kappa shape index (κ1) is 15.1. The molecular weight excluding hydrogens is 293 g/mol. The summed E-state index contributed by atoms with van der Waals surface area (Å²) in [7, 11) is 0. The third-order valence-corrected chi connectivity index (χ3v) is 2.86. The highest BCUT2D eigenvalue weighted by atomic mass is 19.2. The van der Waals surface area contributed by atoms with Crippen molar-refractivity contribution in [1.29, 1.82) is 0 Å². The van der Waals surface area contributed by atoms with Gasteiger partial charge in [0.05, 0.1) is 13.2 Å². The average Bonchev–Trinajstić information content (AvgIpc) is 2.44. The second kappa shape index (κ2) is 6.00. The fraction of sp³-hybridized carbons (Fsp3) is 0.333. The average molecular weight is 304 g/mol. The molecule has 1 aliphatic heterocycles. The van der Waals surface area contributed by atoms with Crippen molar-refractivity contribution < 1.29 is 32.6 Å². The molecule has 114 valence electrons. The van der Waals surface area contributed by atoms with E-state index >= 15 is 0 Å². The fourth-order valence-electron chi connectivity index (χ4n) is 1.81. The van der Waals surface area contributed by atoms with Crippen LogP contribution in [0, 0.1) is 17.5 Å². The van der Waals surface area contributed by atoms with Gasteiger partial charge < -0.3 is 20.1 Å². The Morgan fingerprint density at radius 1 is 1.29 bits per heavy atom. The number of halogens is 3. The number of nitrogens with one attached hydrogen (secondary N) is 1. The summed E-state index contributed by atoms with van der Waals surface area (Å²) in [5.41, 5.74) is -0.269. The van der Waals surface area contributed by atoms with E-state index in [-0.39, 0.29) is 25.4 Å². The molecule has 1 aromatic carbocycles. The van der Waals surface area contributed by atoms with Gasteiger partial charge in [0.15, 0.2) is 23.6 Å². The lowest BCUT2D eigenvalue weighted by molar-refractivity contribution is -0.154.